The van der Waals surface area contributed by atoms with Crippen LogP contribution < -0.4 is 0 Å². The summed E-state index contributed by atoms with van der Waals surface area (Å²) in [6.07, 6.45) is 3.71. The van der Waals surface area contributed by atoms with Crippen LogP contribution >= 0.6 is 0 Å². The molecule has 0 spiro atoms. The number of allylic oxidation sites excluding steroid dienone is 2. The second kappa shape index (κ2) is 5.38. The molecule has 1 fully saturated rings. The Kier molecular flexibility index (Phi) is 3.42. The molecule has 2 aliphatic heterocycles. The van der Waals surface area contributed by atoms with Crippen LogP contribution in [0, 0.1) is 11.3 Å². The van der Waals surface area contributed by atoms with Crippen LogP contribution in [0.5, 0.6) is 0 Å². The van der Waals surface area contributed by atoms with Crippen molar-refractivity contribution < 1.29 is 9.53 Å². The lowest BCUT2D eigenvalue weighted by Gasteiger charge is -2.33. The van der Waals surface area contributed by atoms with E-state index >= 15 is 0 Å². The first kappa shape index (κ1) is 12.7. The highest BCUT2D eigenvalue weighted by Crippen LogP contribution is 2.33. The first-order valence-corrected chi connectivity index (χ1v) is 6.91. The topological polar surface area (TPSA) is 53.3 Å². The van der Waals surface area contributed by atoms with Crippen LogP contribution in [0.1, 0.15) is 30.7 Å². The molecule has 1 aromatic carbocycles. The molecule has 20 heavy (non-hydrogen) atoms. The maximum absolute atomic E-state index is 11.9. The number of nitrogens with zero attached hydrogens (tertiary/aromatic N) is 2. The highest BCUT2D eigenvalue weighted by molar-refractivity contribution is 5.78. The van der Waals surface area contributed by atoms with Crippen LogP contribution in [0.4, 0.5) is 0 Å². The summed E-state index contributed by atoms with van der Waals surface area (Å²) in [5, 5.41) is 9.14. The van der Waals surface area contributed by atoms with E-state index in [1.54, 1.807) is 4.90 Å². The van der Waals surface area contributed by atoms with Crippen LogP contribution in [0.3, 0.4) is 0 Å². The molecule has 4 heteroatoms. The second-order valence-electron chi connectivity index (χ2n) is 5.16. The van der Waals surface area contributed by atoms with E-state index in [4.69, 9.17) is 10.00 Å². The second-order valence-corrected chi connectivity index (χ2v) is 5.16. The molecule has 102 valence electrons. The number of rotatable bonds is 2. The number of carbonyl (C=O) groups excluding carboxylic acids is 1. The third kappa shape index (κ3) is 2.39. The lowest BCUT2D eigenvalue weighted by molar-refractivity contribution is -0.138. The van der Waals surface area contributed by atoms with Gasteiger partial charge in [0, 0.05) is 25.3 Å². The van der Waals surface area contributed by atoms with Gasteiger partial charge in [-0.05, 0) is 18.1 Å². The predicted molar refractivity (Wildman–Crippen MR) is 73.3 cm³/mol. The molecule has 1 saturated heterocycles. The van der Waals surface area contributed by atoms with Gasteiger partial charge in [0.05, 0.1) is 0 Å². The summed E-state index contributed by atoms with van der Waals surface area (Å²) in [5.74, 6) is 0.564. The van der Waals surface area contributed by atoms with E-state index in [9.17, 15) is 4.79 Å². The maximum Gasteiger partial charge on any atom is 0.225 e. The van der Waals surface area contributed by atoms with Crippen molar-refractivity contribution in [1.82, 2.24) is 4.90 Å². The standard InChI is InChI=1S/C16H16N2O2/c17-11-14-9-13(12-5-2-1-3-6-12)10-16(20-14)18-8-4-7-15(18)19/h1-3,5-6,9,13,16H,4,7-8,10H2. The molecular formula is C16H16N2O2. The fourth-order valence-corrected chi connectivity index (χ4v) is 2.86. The Bertz CT molecular complexity index is 574. The van der Waals surface area contributed by atoms with Gasteiger partial charge in [-0.2, -0.15) is 5.26 Å². The van der Waals surface area contributed by atoms with Gasteiger partial charge in [-0.1, -0.05) is 30.3 Å². The Balaban J connectivity index is 1.85. The molecule has 2 unspecified atom stereocenters. The van der Waals surface area contributed by atoms with Gasteiger partial charge in [-0.15, -0.1) is 0 Å². The van der Waals surface area contributed by atoms with Gasteiger partial charge in [0.15, 0.2) is 12.0 Å². The molecule has 2 atom stereocenters. The number of hydrogen-bond acceptors (Lipinski definition) is 3. The van der Waals surface area contributed by atoms with Crippen molar-refractivity contribution in [2.24, 2.45) is 0 Å². The van der Waals surface area contributed by atoms with Crippen LogP contribution in [0.25, 0.3) is 0 Å². The van der Waals surface area contributed by atoms with Gasteiger partial charge in [0.1, 0.15) is 6.07 Å². The minimum atomic E-state index is -0.310. The lowest BCUT2D eigenvalue weighted by atomic mass is 9.92. The molecule has 0 radical (unpaired) electrons. The van der Waals surface area contributed by atoms with Crippen molar-refractivity contribution in [2.75, 3.05) is 6.54 Å². The van der Waals surface area contributed by atoms with Crippen molar-refractivity contribution in [3.05, 3.63) is 47.7 Å². The zero-order valence-corrected chi connectivity index (χ0v) is 11.2. The third-order valence-electron chi connectivity index (χ3n) is 3.87. The minimum absolute atomic E-state index is 0.123. The molecule has 1 amide bonds. The Morgan fingerprint density at radius 1 is 1.30 bits per heavy atom. The average molecular weight is 268 g/mol. The van der Waals surface area contributed by atoms with Crippen LogP contribution in [-0.4, -0.2) is 23.6 Å². The number of amides is 1. The number of carbonyl (C=O) groups is 1. The van der Waals surface area contributed by atoms with E-state index in [-0.39, 0.29) is 18.1 Å². The van der Waals surface area contributed by atoms with Gasteiger partial charge >= 0.3 is 0 Å². The van der Waals surface area contributed by atoms with Gasteiger partial charge in [0.25, 0.3) is 0 Å². The largest absolute Gasteiger partial charge is 0.460 e. The fraction of sp³-hybridized carbons (Fsp3) is 0.375. The molecule has 2 heterocycles. The Hall–Kier alpha value is -2.28. The molecular weight excluding hydrogens is 252 g/mol. The summed E-state index contributed by atoms with van der Waals surface area (Å²) in [7, 11) is 0. The number of hydrogen-bond donors (Lipinski definition) is 0. The Morgan fingerprint density at radius 3 is 2.75 bits per heavy atom. The van der Waals surface area contributed by atoms with Crippen LogP contribution in [0.15, 0.2) is 42.2 Å². The highest BCUT2D eigenvalue weighted by Gasteiger charge is 2.34. The van der Waals surface area contributed by atoms with Gasteiger partial charge < -0.3 is 9.64 Å². The first-order valence-electron chi connectivity index (χ1n) is 6.91. The monoisotopic (exact) mass is 268 g/mol. The average Bonchev–Trinajstić information content (AvgIpc) is 2.94. The fourth-order valence-electron chi connectivity index (χ4n) is 2.86. The summed E-state index contributed by atoms with van der Waals surface area (Å²) in [6, 6.07) is 12.1. The zero-order chi connectivity index (χ0) is 13.9. The Morgan fingerprint density at radius 2 is 2.10 bits per heavy atom. The molecule has 0 N–H and O–H groups in total. The van der Waals surface area contributed by atoms with Crippen molar-refractivity contribution in [3.63, 3.8) is 0 Å². The quantitative estimate of drug-likeness (QED) is 0.828. The molecule has 3 rings (SSSR count). The molecule has 0 aromatic heterocycles. The number of nitriles is 1. The molecule has 0 bridgehead atoms. The van der Waals surface area contributed by atoms with E-state index < -0.39 is 0 Å². The van der Waals surface area contributed by atoms with Gasteiger partial charge in [0.2, 0.25) is 5.91 Å². The van der Waals surface area contributed by atoms with E-state index in [2.05, 4.69) is 6.07 Å². The summed E-state index contributed by atoms with van der Waals surface area (Å²) < 4.78 is 5.65. The van der Waals surface area contributed by atoms with Crippen molar-refractivity contribution in [3.8, 4) is 6.07 Å². The molecule has 0 saturated carbocycles. The molecule has 4 nitrogen and oxygen atoms in total. The summed E-state index contributed by atoms with van der Waals surface area (Å²) >= 11 is 0. The summed E-state index contributed by atoms with van der Waals surface area (Å²) in [5.41, 5.74) is 1.15. The summed E-state index contributed by atoms with van der Waals surface area (Å²) in [6.45, 7) is 0.726. The number of ether oxygens (including phenoxy) is 1. The van der Waals surface area contributed by atoms with Crippen molar-refractivity contribution in [1.29, 1.82) is 5.26 Å². The van der Waals surface area contributed by atoms with E-state index in [1.165, 1.54) is 0 Å². The molecule has 1 aromatic rings. The maximum atomic E-state index is 11.9. The molecule has 0 aliphatic carbocycles. The highest BCUT2D eigenvalue weighted by atomic mass is 16.5. The normalized spacial score (nSPS) is 25.9. The van der Waals surface area contributed by atoms with Crippen molar-refractivity contribution >= 4 is 5.91 Å². The van der Waals surface area contributed by atoms with Gasteiger partial charge in [-0.3, -0.25) is 4.79 Å². The smallest absolute Gasteiger partial charge is 0.225 e. The third-order valence-corrected chi connectivity index (χ3v) is 3.87. The molecule has 2 aliphatic rings. The van der Waals surface area contributed by atoms with E-state index in [0.717, 1.165) is 18.5 Å². The number of likely N-dealkylation sites (tertiary alicyclic amines) is 1. The SMILES string of the molecule is N#CC1=CC(c2ccccc2)CC(N2CCCC2=O)O1. The van der Waals surface area contributed by atoms with E-state index in [1.807, 2.05) is 36.4 Å². The van der Waals surface area contributed by atoms with E-state index in [0.29, 0.717) is 18.6 Å². The minimum Gasteiger partial charge on any atom is -0.460 e. The van der Waals surface area contributed by atoms with Crippen molar-refractivity contribution in [2.45, 2.75) is 31.4 Å². The first-order chi connectivity index (χ1) is 9.78. The predicted octanol–water partition coefficient (Wildman–Crippen LogP) is 2.55. The van der Waals surface area contributed by atoms with Crippen LogP contribution in [-0.2, 0) is 9.53 Å². The zero-order valence-electron chi connectivity index (χ0n) is 11.2. The van der Waals surface area contributed by atoms with Crippen LogP contribution in [0.2, 0.25) is 0 Å². The number of benzene rings is 1. The lowest BCUT2D eigenvalue weighted by Crippen LogP contribution is -2.40. The van der Waals surface area contributed by atoms with Gasteiger partial charge in [-0.25, -0.2) is 0 Å². The Labute approximate surface area is 118 Å². The summed E-state index contributed by atoms with van der Waals surface area (Å²) in [4.78, 5) is 13.6.